The molecule has 90 valence electrons. The van der Waals surface area contributed by atoms with Crippen molar-refractivity contribution in [2.75, 3.05) is 7.11 Å². The van der Waals surface area contributed by atoms with Gasteiger partial charge < -0.3 is 10.5 Å². The molecule has 0 fully saturated rings. The zero-order valence-electron chi connectivity index (χ0n) is 10.9. The Hall–Kier alpha value is -0.570. The van der Waals surface area contributed by atoms with Crippen LogP contribution < -0.4 is 5.73 Å². The van der Waals surface area contributed by atoms with E-state index in [9.17, 15) is 4.79 Å². The number of nitrogens with two attached hydrogens (primary N) is 1. The molecule has 0 saturated carbocycles. The van der Waals surface area contributed by atoms with Crippen molar-refractivity contribution in [2.45, 2.75) is 53.0 Å². The van der Waals surface area contributed by atoms with Crippen molar-refractivity contribution in [1.29, 1.82) is 0 Å². The zero-order valence-corrected chi connectivity index (χ0v) is 10.9. The first-order valence-corrected chi connectivity index (χ1v) is 5.57. The maximum absolute atomic E-state index is 11.5. The van der Waals surface area contributed by atoms with Gasteiger partial charge in [0.1, 0.15) is 0 Å². The van der Waals surface area contributed by atoms with Crippen LogP contribution in [-0.4, -0.2) is 18.6 Å². The summed E-state index contributed by atoms with van der Waals surface area (Å²) in [6.07, 6.45) is 1.27. The van der Waals surface area contributed by atoms with Gasteiger partial charge in [0.05, 0.1) is 13.5 Å². The fraction of sp³-hybridized carbons (Fsp3) is 0.917. The van der Waals surface area contributed by atoms with Gasteiger partial charge in [-0.05, 0) is 26.2 Å². The summed E-state index contributed by atoms with van der Waals surface area (Å²) in [5, 5.41) is 0. The van der Waals surface area contributed by atoms with Crippen molar-refractivity contribution >= 4 is 5.97 Å². The standard InChI is InChI=1S/C12H25NO2/c1-7-12(9(2)3,11(4,5)13)8-10(14)15-6/h9H,7-8,13H2,1-6H3. The van der Waals surface area contributed by atoms with E-state index in [-0.39, 0.29) is 16.9 Å². The van der Waals surface area contributed by atoms with E-state index >= 15 is 0 Å². The Bertz CT molecular complexity index is 218. The molecule has 3 heteroatoms. The van der Waals surface area contributed by atoms with E-state index in [0.29, 0.717) is 12.3 Å². The highest BCUT2D eigenvalue weighted by Gasteiger charge is 2.45. The van der Waals surface area contributed by atoms with Crippen LogP contribution in [0.3, 0.4) is 0 Å². The largest absolute Gasteiger partial charge is 0.469 e. The Morgan fingerprint density at radius 1 is 1.40 bits per heavy atom. The number of rotatable bonds is 5. The lowest BCUT2D eigenvalue weighted by atomic mass is 9.61. The third kappa shape index (κ3) is 2.94. The lowest BCUT2D eigenvalue weighted by Crippen LogP contribution is -2.54. The summed E-state index contributed by atoms with van der Waals surface area (Å²) in [5.41, 5.74) is 5.64. The Balaban J connectivity index is 5.09. The summed E-state index contributed by atoms with van der Waals surface area (Å²) in [6, 6.07) is 0. The number of carbonyl (C=O) groups is 1. The highest BCUT2D eigenvalue weighted by molar-refractivity contribution is 5.70. The van der Waals surface area contributed by atoms with Gasteiger partial charge >= 0.3 is 5.97 Å². The smallest absolute Gasteiger partial charge is 0.306 e. The first-order valence-electron chi connectivity index (χ1n) is 5.57. The van der Waals surface area contributed by atoms with Crippen molar-refractivity contribution in [3.63, 3.8) is 0 Å². The van der Waals surface area contributed by atoms with Crippen molar-refractivity contribution in [3.8, 4) is 0 Å². The monoisotopic (exact) mass is 215 g/mol. The van der Waals surface area contributed by atoms with Crippen LogP contribution >= 0.6 is 0 Å². The van der Waals surface area contributed by atoms with Crippen molar-refractivity contribution in [3.05, 3.63) is 0 Å². The van der Waals surface area contributed by atoms with Crippen LogP contribution in [-0.2, 0) is 9.53 Å². The Labute approximate surface area is 93.4 Å². The molecule has 0 amide bonds. The molecule has 0 aliphatic carbocycles. The van der Waals surface area contributed by atoms with Crippen molar-refractivity contribution < 1.29 is 9.53 Å². The van der Waals surface area contributed by atoms with Crippen molar-refractivity contribution in [2.24, 2.45) is 17.1 Å². The molecular formula is C12H25NO2. The third-order valence-electron chi connectivity index (χ3n) is 3.71. The van der Waals surface area contributed by atoms with Crippen LogP contribution in [0.15, 0.2) is 0 Å². The molecule has 0 aliphatic heterocycles. The molecule has 0 radical (unpaired) electrons. The highest BCUT2D eigenvalue weighted by Crippen LogP contribution is 2.43. The highest BCUT2D eigenvalue weighted by atomic mass is 16.5. The van der Waals surface area contributed by atoms with Gasteiger partial charge in [-0.25, -0.2) is 0 Å². The molecule has 2 N–H and O–H groups in total. The summed E-state index contributed by atoms with van der Waals surface area (Å²) in [6.45, 7) is 10.3. The Kier molecular flexibility index (Phi) is 4.78. The fourth-order valence-corrected chi connectivity index (χ4v) is 2.49. The van der Waals surface area contributed by atoms with Gasteiger partial charge in [-0.1, -0.05) is 20.8 Å². The first-order chi connectivity index (χ1) is 6.71. The number of ether oxygens (including phenoxy) is 1. The van der Waals surface area contributed by atoms with Gasteiger partial charge in [-0.3, -0.25) is 4.79 Å². The summed E-state index contributed by atoms with van der Waals surface area (Å²) < 4.78 is 4.76. The number of esters is 1. The van der Waals surface area contributed by atoms with Gasteiger partial charge in [0.2, 0.25) is 0 Å². The van der Waals surface area contributed by atoms with E-state index in [0.717, 1.165) is 6.42 Å². The van der Waals surface area contributed by atoms with Crippen LogP contribution in [0.2, 0.25) is 0 Å². The second-order valence-electron chi connectivity index (χ2n) is 5.14. The molecule has 3 nitrogen and oxygen atoms in total. The number of hydrogen-bond acceptors (Lipinski definition) is 3. The predicted molar refractivity (Wildman–Crippen MR) is 62.5 cm³/mol. The molecule has 0 aromatic heterocycles. The number of carbonyl (C=O) groups excluding carboxylic acids is 1. The quantitative estimate of drug-likeness (QED) is 0.716. The predicted octanol–water partition coefficient (Wildman–Crippen LogP) is 2.34. The molecule has 1 atom stereocenters. The molecule has 0 bridgehead atoms. The second-order valence-corrected chi connectivity index (χ2v) is 5.14. The summed E-state index contributed by atoms with van der Waals surface area (Å²) >= 11 is 0. The van der Waals surface area contributed by atoms with Crippen LogP contribution in [0.5, 0.6) is 0 Å². The van der Waals surface area contributed by atoms with E-state index < -0.39 is 0 Å². The summed E-state index contributed by atoms with van der Waals surface area (Å²) in [7, 11) is 1.42. The second kappa shape index (κ2) is 4.97. The zero-order chi connectivity index (χ0) is 12.3. The van der Waals surface area contributed by atoms with Crippen molar-refractivity contribution in [1.82, 2.24) is 0 Å². The first kappa shape index (κ1) is 14.4. The molecule has 0 heterocycles. The van der Waals surface area contributed by atoms with Gasteiger partial charge in [0.15, 0.2) is 0 Å². The lowest BCUT2D eigenvalue weighted by molar-refractivity contribution is -0.146. The van der Waals surface area contributed by atoms with Crippen LogP contribution in [0.1, 0.15) is 47.5 Å². The molecule has 15 heavy (non-hydrogen) atoms. The lowest BCUT2D eigenvalue weighted by Gasteiger charge is -2.47. The maximum atomic E-state index is 11.5. The van der Waals surface area contributed by atoms with E-state index in [1.54, 1.807) is 0 Å². The topological polar surface area (TPSA) is 52.3 Å². The van der Waals surface area contributed by atoms with Gasteiger partial charge in [-0.15, -0.1) is 0 Å². The van der Waals surface area contributed by atoms with Crippen LogP contribution in [0.4, 0.5) is 0 Å². The molecule has 0 aromatic carbocycles. The van der Waals surface area contributed by atoms with Crippen LogP contribution in [0.25, 0.3) is 0 Å². The normalized spacial score (nSPS) is 16.3. The molecule has 0 aromatic rings. The summed E-state index contributed by atoms with van der Waals surface area (Å²) in [5.74, 6) is 0.172. The fourth-order valence-electron chi connectivity index (χ4n) is 2.49. The maximum Gasteiger partial charge on any atom is 0.306 e. The van der Waals surface area contributed by atoms with E-state index in [1.165, 1.54) is 7.11 Å². The van der Waals surface area contributed by atoms with E-state index in [4.69, 9.17) is 10.5 Å². The minimum absolute atomic E-state index is 0.177. The van der Waals surface area contributed by atoms with Gasteiger partial charge in [0.25, 0.3) is 0 Å². The molecular weight excluding hydrogens is 190 g/mol. The average molecular weight is 215 g/mol. The minimum atomic E-state index is -0.385. The molecule has 1 unspecified atom stereocenters. The van der Waals surface area contributed by atoms with E-state index in [1.807, 2.05) is 13.8 Å². The average Bonchev–Trinajstić information content (AvgIpc) is 2.11. The van der Waals surface area contributed by atoms with Gasteiger partial charge in [0, 0.05) is 11.0 Å². The molecule has 0 rings (SSSR count). The number of methoxy groups -OCH3 is 1. The Morgan fingerprint density at radius 2 is 1.87 bits per heavy atom. The third-order valence-corrected chi connectivity index (χ3v) is 3.71. The van der Waals surface area contributed by atoms with Gasteiger partial charge in [-0.2, -0.15) is 0 Å². The van der Waals surface area contributed by atoms with Crippen LogP contribution in [0, 0.1) is 11.3 Å². The SMILES string of the molecule is CCC(CC(=O)OC)(C(C)C)C(C)(C)N. The molecule has 0 saturated heterocycles. The molecule has 0 aliphatic rings. The summed E-state index contributed by atoms with van der Waals surface area (Å²) in [4.78, 5) is 11.5. The van der Waals surface area contributed by atoms with E-state index in [2.05, 4.69) is 20.8 Å². The molecule has 0 spiro atoms. The Morgan fingerprint density at radius 3 is 2.07 bits per heavy atom. The minimum Gasteiger partial charge on any atom is -0.469 e. The number of hydrogen-bond donors (Lipinski definition) is 1.